The summed E-state index contributed by atoms with van der Waals surface area (Å²) in [4.78, 5) is 15.4. The first-order valence-electron chi connectivity index (χ1n) is 5.10. The van der Waals surface area contributed by atoms with Crippen molar-refractivity contribution in [2.24, 2.45) is 5.16 Å². The fourth-order valence-electron chi connectivity index (χ4n) is 1.34. The first-order chi connectivity index (χ1) is 7.72. The van der Waals surface area contributed by atoms with Gasteiger partial charge in [0.05, 0.1) is 12.1 Å². The fraction of sp³-hybridized carbons (Fsp3) is 0.333. The Labute approximate surface area is 94.6 Å². The smallest absolute Gasteiger partial charge is 0.307 e. The molecule has 0 aromatic carbocycles. The van der Waals surface area contributed by atoms with E-state index in [2.05, 4.69) is 11.7 Å². The largest absolute Gasteiger partial charge is 0.481 e. The molecule has 0 spiro atoms. The Balaban J connectivity index is 2.25. The third-order valence-corrected chi connectivity index (χ3v) is 2.04. The average molecular weight is 221 g/mol. The van der Waals surface area contributed by atoms with Gasteiger partial charge in [-0.05, 0) is 0 Å². The molecule has 1 atom stereocenters. The van der Waals surface area contributed by atoms with E-state index in [4.69, 9.17) is 9.94 Å². The van der Waals surface area contributed by atoms with Crippen LogP contribution in [0.25, 0.3) is 0 Å². The van der Waals surface area contributed by atoms with Gasteiger partial charge in [0.1, 0.15) is 6.10 Å². The van der Waals surface area contributed by atoms with Gasteiger partial charge in [0.2, 0.25) is 0 Å². The van der Waals surface area contributed by atoms with Gasteiger partial charge in [-0.3, -0.25) is 4.79 Å². The molecule has 0 saturated heterocycles. The lowest BCUT2D eigenvalue weighted by atomic mass is 10.1. The number of hydrogen-bond acceptors (Lipinski definition) is 3. The van der Waals surface area contributed by atoms with Crippen molar-refractivity contribution in [1.29, 1.82) is 0 Å². The van der Waals surface area contributed by atoms with Crippen LogP contribution in [-0.2, 0) is 9.63 Å². The monoisotopic (exact) mass is 221 g/mol. The van der Waals surface area contributed by atoms with E-state index in [0.29, 0.717) is 12.8 Å². The van der Waals surface area contributed by atoms with E-state index >= 15 is 0 Å². The molecule has 1 N–H and O–H groups in total. The number of hydrogen-bond donors (Lipinski definition) is 1. The standard InChI is InChI=1S/C12H15NO3/c1-2-3-4-5-6-7-10-8-11(16-13-10)9-12(14)15/h2-6,11H,1,7-9H2,(H,14,15)/b4-3-,6-5-. The lowest BCUT2D eigenvalue weighted by Gasteiger charge is -2.02. The van der Waals surface area contributed by atoms with Crippen molar-refractivity contribution in [3.05, 3.63) is 37.0 Å². The van der Waals surface area contributed by atoms with Crippen LogP contribution in [0.15, 0.2) is 42.1 Å². The molecular weight excluding hydrogens is 206 g/mol. The van der Waals surface area contributed by atoms with Crippen molar-refractivity contribution in [3.63, 3.8) is 0 Å². The maximum absolute atomic E-state index is 10.4. The molecule has 1 aliphatic rings. The zero-order chi connectivity index (χ0) is 11.8. The first kappa shape index (κ1) is 12.2. The van der Waals surface area contributed by atoms with Crippen LogP contribution in [0.4, 0.5) is 0 Å². The summed E-state index contributed by atoms with van der Waals surface area (Å²) in [6.07, 6.45) is 10.2. The highest BCUT2D eigenvalue weighted by Gasteiger charge is 2.22. The molecular formula is C12H15NO3. The Morgan fingerprint density at radius 2 is 2.38 bits per heavy atom. The zero-order valence-electron chi connectivity index (χ0n) is 9.00. The van der Waals surface area contributed by atoms with Gasteiger partial charge in [-0.1, -0.05) is 42.1 Å². The summed E-state index contributed by atoms with van der Waals surface area (Å²) in [5.41, 5.74) is 0.884. The van der Waals surface area contributed by atoms with Crippen LogP contribution in [0.3, 0.4) is 0 Å². The van der Waals surface area contributed by atoms with Crippen LogP contribution in [0, 0.1) is 0 Å². The second kappa shape index (κ2) is 6.61. The molecule has 1 heterocycles. The Hall–Kier alpha value is -1.84. The lowest BCUT2D eigenvalue weighted by molar-refractivity contribution is -0.139. The van der Waals surface area contributed by atoms with E-state index in [9.17, 15) is 4.79 Å². The van der Waals surface area contributed by atoms with E-state index in [-0.39, 0.29) is 12.5 Å². The van der Waals surface area contributed by atoms with Crippen LogP contribution in [0.5, 0.6) is 0 Å². The molecule has 1 aliphatic heterocycles. The minimum Gasteiger partial charge on any atom is -0.481 e. The van der Waals surface area contributed by atoms with Gasteiger partial charge >= 0.3 is 5.97 Å². The van der Waals surface area contributed by atoms with Crippen molar-refractivity contribution in [3.8, 4) is 0 Å². The van der Waals surface area contributed by atoms with Crippen LogP contribution in [0.1, 0.15) is 19.3 Å². The van der Waals surface area contributed by atoms with Gasteiger partial charge in [-0.15, -0.1) is 0 Å². The van der Waals surface area contributed by atoms with Gasteiger partial charge in [-0.2, -0.15) is 0 Å². The molecule has 16 heavy (non-hydrogen) atoms. The van der Waals surface area contributed by atoms with E-state index < -0.39 is 5.97 Å². The Morgan fingerprint density at radius 1 is 1.56 bits per heavy atom. The summed E-state index contributed by atoms with van der Waals surface area (Å²) in [5.74, 6) is -0.856. The maximum atomic E-state index is 10.4. The second-order valence-corrected chi connectivity index (χ2v) is 3.44. The minimum atomic E-state index is -0.856. The summed E-state index contributed by atoms with van der Waals surface area (Å²) in [6.45, 7) is 3.55. The van der Waals surface area contributed by atoms with Gasteiger partial charge in [0.15, 0.2) is 0 Å². The molecule has 0 bridgehead atoms. The van der Waals surface area contributed by atoms with Crippen molar-refractivity contribution in [2.75, 3.05) is 0 Å². The van der Waals surface area contributed by atoms with Gasteiger partial charge < -0.3 is 9.94 Å². The quantitative estimate of drug-likeness (QED) is 0.700. The Kier molecular flexibility index (Phi) is 5.05. The maximum Gasteiger partial charge on any atom is 0.307 e. The highest BCUT2D eigenvalue weighted by Crippen LogP contribution is 2.15. The molecule has 1 rings (SSSR count). The molecule has 4 nitrogen and oxygen atoms in total. The topological polar surface area (TPSA) is 58.9 Å². The van der Waals surface area contributed by atoms with E-state index in [1.807, 2.05) is 24.3 Å². The predicted molar refractivity (Wildman–Crippen MR) is 62.3 cm³/mol. The highest BCUT2D eigenvalue weighted by atomic mass is 16.6. The van der Waals surface area contributed by atoms with Crippen LogP contribution in [-0.4, -0.2) is 22.9 Å². The van der Waals surface area contributed by atoms with E-state index in [1.165, 1.54) is 0 Å². The highest BCUT2D eigenvalue weighted by molar-refractivity contribution is 5.87. The van der Waals surface area contributed by atoms with Crippen LogP contribution >= 0.6 is 0 Å². The van der Waals surface area contributed by atoms with Crippen molar-refractivity contribution in [2.45, 2.75) is 25.4 Å². The number of carbonyl (C=O) groups is 1. The van der Waals surface area contributed by atoms with Gasteiger partial charge in [0.25, 0.3) is 0 Å². The second-order valence-electron chi connectivity index (χ2n) is 3.44. The normalized spacial score (nSPS) is 20.0. The summed E-state index contributed by atoms with van der Waals surface area (Å²) in [7, 11) is 0. The summed E-state index contributed by atoms with van der Waals surface area (Å²) < 4.78 is 0. The van der Waals surface area contributed by atoms with E-state index in [1.54, 1.807) is 6.08 Å². The van der Waals surface area contributed by atoms with Crippen LogP contribution < -0.4 is 0 Å². The predicted octanol–water partition coefficient (Wildman–Crippen LogP) is 2.29. The molecule has 0 saturated carbocycles. The molecule has 86 valence electrons. The number of allylic oxidation sites excluding steroid dienone is 5. The third-order valence-electron chi connectivity index (χ3n) is 2.04. The molecule has 0 aliphatic carbocycles. The molecule has 0 aromatic heterocycles. The summed E-state index contributed by atoms with van der Waals surface area (Å²) in [5, 5.41) is 12.4. The summed E-state index contributed by atoms with van der Waals surface area (Å²) in [6, 6.07) is 0. The zero-order valence-corrected chi connectivity index (χ0v) is 9.00. The van der Waals surface area contributed by atoms with Crippen molar-refractivity contribution in [1.82, 2.24) is 0 Å². The van der Waals surface area contributed by atoms with Crippen molar-refractivity contribution < 1.29 is 14.7 Å². The lowest BCUT2D eigenvalue weighted by Crippen LogP contribution is -2.13. The number of oxime groups is 1. The van der Waals surface area contributed by atoms with Gasteiger partial charge in [-0.25, -0.2) is 0 Å². The number of carboxylic acid groups (broad SMARTS) is 1. The number of aliphatic carboxylic acids is 1. The Bertz CT molecular complexity index is 342. The molecule has 1 unspecified atom stereocenters. The number of nitrogens with zero attached hydrogens (tertiary/aromatic N) is 1. The summed E-state index contributed by atoms with van der Waals surface area (Å²) >= 11 is 0. The number of carboxylic acids is 1. The third kappa shape index (κ3) is 4.59. The molecule has 0 fully saturated rings. The fourth-order valence-corrected chi connectivity index (χ4v) is 1.34. The number of rotatable bonds is 6. The molecule has 4 heteroatoms. The Morgan fingerprint density at radius 3 is 3.06 bits per heavy atom. The SMILES string of the molecule is C=C/C=C\C=C/CC1=NOC(CC(=O)O)C1. The molecule has 0 aromatic rings. The molecule has 0 radical (unpaired) electrons. The van der Waals surface area contributed by atoms with Crippen LogP contribution in [0.2, 0.25) is 0 Å². The van der Waals surface area contributed by atoms with Gasteiger partial charge in [0, 0.05) is 12.8 Å². The minimum absolute atomic E-state index is 0.00702. The van der Waals surface area contributed by atoms with E-state index in [0.717, 1.165) is 5.71 Å². The molecule has 0 amide bonds. The van der Waals surface area contributed by atoms with Crippen molar-refractivity contribution >= 4 is 11.7 Å². The average Bonchev–Trinajstić information content (AvgIpc) is 2.64. The first-order valence-corrected chi connectivity index (χ1v) is 5.10.